The van der Waals surface area contributed by atoms with Crippen LogP contribution in [0.4, 0.5) is 0 Å². The average molecular weight is 520 g/mol. The Labute approximate surface area is 206 Å². The molecule has 0 amide bonds. The number of ether oxygens (including phenoxy) is 1. The molecule has 0 aliphatic heterocycles. The molecule has 0 saturated heterocycles. The summed E-state index contributed by atoms with van der Waals surface area (Å²) < 4.78 is 64.9. The van der Waals surface area contributed by atoms with Crippen molar-refractivity contribution < 1.29 is 30.9 Å². The molecule has 0 spiro atoms. The van der Waals surface area contributed by atoms with Gasteiger partial charge in [0.05, 0.1) is 6.61 Å². The molecule has 8 nitrogen and oxygen atoms in total. The molecule has 0 aromatic heterocycles. The molecule has 3 rings (SSSR count). The van der Waals surface area contributed by atoms with E-state index < -0.39 is 25.0 Å². The van der Waals surface area contributed by atoms with Crippen LogP contribution in [0, 0.1) is 6.92 Å². The zero-order chi connectivity index (χ0) is 25.5. The maximum absolute atomic E-state index is 13.3. The van der Waals surface area contributed by atoms with E-state index in [4.69, 9.17) is 14.0 Å². The molecule has 188 valence electrons. The van der Waals surface area contributed by atoms with Crippen LogP contribution in [0.2, 0.25) is 0 Å². The first-order chi connectivity index (χ1) is 16.6. The van der Waals surface area contributed by atoms with E-state index in [0.29, 0.717) is 24.2 Å². The summed E-state index contributed by atoms with van der Waals surface area (Å²) >= 11 is 0. The SMILES string of the molecule is Cc1cc(OCCCO)cc(OS(=O)(=O)c2ccccc2S(=O)(=O)N(C)CCc2ccccc2)c1. The molecule has 0 radical (unpaired) electrons. The number of likely N-dealkylation sites (N-methyl/N-ethyl adjacent to an activating group) is 1. The Morgan fingerprint density at radius 2 is 1.49 bits per heavy atom. The molecule has 3 aromatic rings. The summed E-state index contributed by atoms with van der Waals surface area (Å²) in [5.74, 6) is 0.374. The van der Waals surface area contributed by atoms with Gasteiger partial charge in [-0.05, 0) is 48.7 Å². The van der Waals surface area contributed by atoms with Crippen LogP contribution in [0.3, 0.4) is 0 Å². The number of aryl methyl sites for hydroxylation is 1. The standard InChI is InChI=1S/C25H29NO7S2/c1-20-17-22(32-16-8-15-27)19-23(18-20)33-35(30,31)25-12-7-6-11-24(25)34(28,29)26(2)14-13-21-9-4-3-5-10-21/h3-7,9-12,17-19,27H,8,13-16H2,1-2H3. The molecule has 0 unspecified atom stereocenters. The molecule has 35 heavy (non-hydrogen) atoms. The van der Waals surface area contributed by atoms with Crippen LogP contribution in [0.1, 0.15) is 17.5 Å². The van der Waals surface area contributed by atoms with Crippen molar-refractivity contribution in [1.29, 1.82) is 0 Å². The zero-order valence-electron chi connectivity index (χ0n) is 19.6. The third-order valence-electron chi connectivity index (χ3n) is 5.17. The Morgan fingerprint density at radius 1 is 0.857 bits per heavy atom. The number of aliphatic hydroxyl groups excluding tert-OH is 1. The Morgan fingerprint density at radius 3 is 2.17 bits per heavy atom. The van der Waals surface area contributed by atoms with Crippen molar-refractivity contribution in [3.05, 3.63) is 83.9 Å². The first-order valence-corrected chi connectivity index (χ1v) is 13.9. The van der Waals surface area contributed by atoms with E-state index in [1.54, 1.807) is 13.0 Å². The van der Waals surface area contributed by atoms with E-state index in [1.807, 2.05) is 30.3 Å². The number of hydrogen-bond donors (Lipinski definition) is 1. The minimum atomic E-state index is -4.49. The highest BCUT2D eigenvalue weighted by Gasteiger charge is 2.30. The maximum Gasteiger partial charge on any atom is 0.340 e. The van der Waals surface area contributed by atoms with Crippen molar-refractivity contribution >= 4 is 20.1 Å². The smallest absolute Gasteiger partial charge is 0.340 e. The van der Waals surface area contributed by atoms with Crippen molar-refractivity contribution in [1.82, 2.24) is 4.31 Å². The lowest BCUT2D eigenvalue weighted by molar-refractivity contribution is 0.233. The second-order valence-electron chi connectivity index (χ2n) is 7.95. The van der Waals surface area contributed by atoms with E-state index in [9.17, 15) is 16.8 Å². The van der Waals surface area contributed by atoms with Crippen LogP contribution >= 0.6 is 0 Å². The number of rotatable bonds is 12. The van der Waals surface area contributed by atoms with Gasteiger partial charge in [-0.3, -0.25) is 0 Å². The maximum atomic E-state index is 13.3. The molecule has 0 saturated carbocycles. The van der Waals surface area contributed by atoms with Crippen LogP contribution in [-0.2, 0) is 26.6 Å². The molecule has 0 aliphatic carbocycles. The number of hydrogen-bond acceptors (Lipinski definition) is 7. The van der Waals surface area contributed by atoms with Gasteiger partial charge in [0.15, 0.2) is 0 Å². The van der Waals surface area contributed by atoms with Crippen LogP contribution in [-0.4, -0.2) is 53.1 Å². The number of aliphatic hydroxyl groups is 1. The van der Waals surface area contributed by atoms with Crippen molar-refractivity contribution in [2.24, 2.45) is 0 Å². The second-order valence-corrected chi connectivity index (χ2v) is 11.5. The highest BCUT2D eigenvalue weighted by atomic mass is 32.2. The van der Waals surface area contributed by atoms with Crippen molar-refractivity contribution in [2.75, 3.05) is 26.8 Å². The molecule has 0 fully saturated rings. The highest BCUT2D eigenvalue weighted by Crippen LogP contribution is 2.29. The van der Waals surface area contributed by atoms with Gasteiger partial charge >= 0.3 is 10.1 Å². The van der Waals surface area contributed by atoms with E-state index in [-0.39, 0.29) is 30.4 Å². The first kappa shape index (κ1) is 26.7. The molecule has 0 aliphatic rings. The molecule has 0 bridgehead atoms. The number of nitrogens with zero attached hydrogens (tertiary/aromatic N) is 1. The predicted molar refractivity (Wildman–Crippen MR) is 133 cm³/mol. The third kappa shape index (κ3) is 7.04. The fourth-order valence-corrected chi connectivity index (χ4v) is 6.22. The monoisotopic (exact) mass is 519 g/mol. The van der Waals surface area contributed by atoms with Gasteiger partial charge in [-0.2, -0.15) is 8.42 Å². The average Bonchev–Trinajstić information content (AvgIpc) is 2.82. The molecular formula is C25H29NO7S2. The summed E-state index contributed by atoms with van der Waals surface area (Å²) in [7, 11) is -7.19. The molecular weight excluding hydrogens is 490 g/mol. The van der Waals surface area contributed by atoms with Gasteiger partial charge in [-0.15, -0.1) is 0 Å². The van der Waals surface area contributed by atoms with Crippen molar-refractivity contribution in [3.63, 3.8) is 0 Å². The quantitative estimate of drug-likeness (QED) is 0.288. The molecule has 1 N–H and O–H groups in total. The summed E-state index contributed by atoms with van der Waals surface area (Å²) in [5.41, 5.74) is 1.66. The topological polar surface area (TPSA) is 110 Å². The Balaban J connectivity index is 1.85. The van der Waals surface area contributed by atoms with Crippen LogP contribution < -0.4 is 8.92 Å². The summed E-state index contributed by atoms with van der Waals surface area (Å²) in [5, 5.41) is 8.92. The van der Waals surface area contributed by atoms with Gasteiger partial charge in [0.25, 0.3) is 0 Å². The third-order valence-corrected chi connectivity index (χ3v) is 8.52. The first-order valence-electron chi connectivity index (χ1n) is 11.0. The molecule has 10 heteroatoms. The van der Waals surface area contributed by atoms with Crippen LogP contribution in [0.25, 0.3) is 0 Å². The fourth-order valence-electron chi connectivity index (χ4n) is 3.36. The van der Waals surface area contributed by atoms with Crippen molar-refractivity contribution in [2.45, 2.75) is 29.6 Å². The van der Waals surface area contributed by atoms with Crippen LogP contribution in [0.5, 0.6) is 11.5 Å². The van der Waals surface area contributed by atoms with Crippen LogP contribution in [0.15, 0.2) is 82.6 Å². The Bertz CT molecular complexity index is 1340. The zero-order valence-corrected chi connectivity index (χ0v) is 21.3. The summed E-state index contributed by atoms with van der Waals surface area (Å²) in [4.78, 5) is -0.807. The summed E-state index contributed by atoms with van der Waals surface area (Å²) in [6.07, 6.45) is 0.899. The van der Waals surface area contributed by atoms with E-state index in [1.165, 1.54) is 43.4 Å². The highest BCUT2D eigenvalue weighted by molar-refractivity contribution is 7.91. The fraction of sp³-hybridized carbons (Fsp3) is 0.280. The summed E-state index contributed by atoms with van der Waals surface area (Å²) in [6.45, 7) is 2.14. The van der Waals surface area contributed by atoms with Gasteiger partial charge in [-0.1, -0.05) is 42.5 Å². The van der Waals surface area contributed by atoms with E-state index >= 15 is 0 Å². The Hall–Kier alpha value is -2.92. The van der Waals surface area contributed by atoms with Gasteiger partial charge in [-0.25, -0.2) is 12.7 Å². The minimum absolute atomic E-state index is 0.00590. The predicted octanol–water partition coefficient (Wildman–Crippen LogP) is 3.39. The summed E-state index contributed by atoms with van der Waals surface area (Å²) in [6, 6.07) is 19.4. The molecule has 0 heterocycles. The van der Waals surface area contributed by atoms with E-state index in [2.05, 4.69) is 0 Å². The number of benzene rings is 3. The normalized spacial score (nSPS) is 12.0. The van der Waals surface area contributed by atoms with Gasteiger partial charge < -0.3 is 14.0 Å². The number of sulfonamides is 1. The Kier molecular flexibility index (Phi) is 8.90. The van der Waals surface area contributed by atoms with E-state index in [0.717, 1.165) is 9.87 Å². The lowest BCUT2D eigenvalue weighted by atomic mass is 10.2. The lowest BCUT2D eigenvalue weighted by Crippen LogP contribution is -2.30. The molecule has 0 atom stereocenters. The van der Waals surface area contributed by atoms with Gasteiger partial charge in [0.1, 0.15) is 21.3 Å². The second kappa shape index (κ2) is 11.7. The minimum Gasteiger partial charge on any atom is -0.493 e. The largest absolute Gasteiger partial charge is 0.493 e. The van der Waals surface area contributed by atoms with Gasteiger partial charge in [0.2, 0.25) is 10.0 Å². The van der Waals surface area contributed by atoms with Gasteiger partial charge in [0, 0.05) is 32.7 Å². The molecule has 3 aromatic carbocycles. The van der Waals surface area contributed by atoms with Crippen molar-refractivity contribution in [3.8, 4) is 11.5 Å². The lowest BCUT2D eigenvalue weighted by Gasteiger charge is -2.19.